The molecule has 4 nitrogen and oxygen atoms in total. The van der Waals surface area contributed by atoms with Crippen molar-refractivity contribution < 1.29 is 14.3 Å². The van der Waals surface area contributed by atoms with Crippen LogP contribution >= 0.6 is 15.9 Å². The Bertz CT molecular complexity index is 309. The zero-order chi connectivity index (χ0) is 14.3. The summed E-state index contributed by atoms with van der Waals surface area (Å²) >= 11 is 3.71. The predicted molar refractivity (Wildman–Crippen MR) is 78.3 cm³/mol. The molecule has 0 N–H and O–H groups in total. The molecule has 1 rings (SSSR count). The van der Waals surface area contributed by atoms with Crippen LogP contribution in [0.2, 0.25) is 0 Å². The average Bonchev–Trinajstić information content (AvgIpc) is 2.81. The first kappa shape index (κ1) is 16.5. The average molecular weight is 334 g/mol. The van der Waals surface area contributed by atoms with Gasteiger partial charge in [0.25, 0.3) is 0 Å². The van der Waals surface area contributed by atoms with Gasteiger partial charge >= 0.3 is 6.09 Å². The maximum absolute atomic E-state index is 12.1. The summed E-state index contributed by atoms with van der Waals surface area (Å²) in [7, 11) is 0. The number of halogens is 1. The van der Waals surface area contributed by atoms with E-state index in [0.29, 0.717) is 30.3 Å². The third-order valence-corrected chi connectivity index (χ3v) is 4.71. The Kier molecular flexibility index (Phi) is 7.42. The van der Waals surface area contributed by atoms with Gasteiger partial charge in [-0.25, -0.2) is 9.69 Å². The van der Waals surface area contributed by atoms with Gasteiger partial charge in [-0.05, 0) is 18.8 Å². The van der Waals surface area contributed by atoms with Crippen molar-refractivity contribution in [2.75, 3.05) is 13.2 Å². The van der Waals surface area contributed by atoms with Gasteiger partial charge in [-0.15, -0.1) is 0 Å². The van der Waals surface area contributed by atoms with E-state index < -0.39 is 6.09 Å². The number of nitrogens with zero attached hydrogens (tertiary/aromatic N) is 1. The SMILES string of the molecule is CCCCC(Br)C(CCC)CC(=O)N1CCOC1=O. The molecule has 1 fully saturated rings. The summed E-state index contributed by atoms with van der Waals surface area (Å²) in [4.78, 5) is 25.1. The first-order chi connectivity index (χ1) is 9.10. The summed E-state index contributed by atoms with van der Waals surface area (Å²) in [6.07, 6.45) is 5.41. The van der Waals surface area contributed by atoms with Crippen molar-refractivity contribution in [2.24, 2.45) is 5.92 Å². The predicted octanol–water partition coefficient (Wildman–Crippen LogP) is 3.73. The molecule has 0 spiro atoms. The molecule has 0 aromatic heterocycles. The zero-order valence-electron chi connectivity index (χ0n) is 11.9. The molecule has 1 aliphatic rings. The van der Waals surface area contributed by atoms with Gasteiger partial charge in [0, 0.05) is 11.2 Å². The summed E-state index contributed by atoms with van der Waals surface area (Å²) in [5.41, 5.74) is 0. The van der Waals surface area contributed by atoms with Crippen LogP contribution in [0.5, 0.6) is 0 Å². The zero-order valence-corrected chi connectivity index (χ0v) is 13.4. The van der Waals surface area contributed by atoms with E-state index in [1.807, 2.05) is 0 Å². The Morgan fingerprint density at radius 2 is 2.11 bits per heavy atom. The number of ether oxygens (including phenoxy) is 1. The third-order valence-electron chi connectivity index (χ3n) is 3.50. The molecular formula is C14H24BrNO3. The van der Waals surface area contributed by atoms with Crippen LogP contribution in [-0.4, -0.2) is 34.9 Å². The fourth-order valence-corrected chi connectivity index (χ4v) is 3.15. The van der Waals surface area contributed by atoms with Crippen LogP contribution in [-0.2, 0) is 9.53 Å². The second kappa shape index (κ2) is 8.56. The van der Waals surface area contributed by atoms with Crippen LogP contribution in [0.3, 0.4) is 0 Å². The summed E-state index contributed by atoms with van der Waals surface area (Å²) in [6.45, 7) is 5.02. The lowest BCUT2D eigenvalue weighted by Crippen LogP contribution is -2.34. The van der Waals surface area contributed by atoms with Crippen LogP contribution in [0.4, 0.5) is 4.79 Å². The van der Waals surface area contributed by atoms with E-state index >= 15 is 0 Å². The van der Waals surface area contributed by atoms with Gasteiger partial charge in [0.2, 0.25) is 5.91 Å². The van der Waals surface area contributed by atoms with Crippen LogP contribution in [0.25, 0.3) is 0 Å². The number of amides is 2. The highest BCUT2D eigenvalue weighted by Gasteiger charge is 2.31. The Labute approximate surface area is 124 Å². The maximum Gasteiger partial charge on any atom is 0.416 e. The largest absolute Gasteiger partial charge is 0.447 e. The lowest BCUT2D eigenvalue weighted by molar-refractivity contribution is -0.128. The van der Waals surface area contributed by atoms with Crippen molar-refractivity contribution in [2.45, 2.75) is 57.2 Å². The molecule has 5 heteroatoms. The minimum atomic E-state index is -0.486. The molecule has 2 atom stereocenters. The van der Waals surface area contributed by atoms with Gasteiger partial charge in [0.05, 0.1) is 6.54 Å². The number of hydrogen-bond acceptors (Lipinski definition) is 3. The Morgan fingerprint density at radius 1 is 1.37 bits per heavy atom. The molecule has 2 amide bonds. The molecule has 19 heavy (non-hydrogen) atoms. The Balaban J connectivity index is 2.51. The smallest absolute Gasteiger partial charge is 0.416 e. The molecular weight excluding hydrogens is 310 g/mol. The topological polar surface area (TPSA) is 46.6 Å². The number of rotatable bonds is 8. The second-order valence-corrected chi connectivity index (χ2v) is 6.25. The van der Waals surface area contributed by atoms with Crippen LogP contribution in [0, 0.1) is 5.92 Å². The molecule has 1 aliphatic heterocycles. The summed E-state index contributed by atoms with van der Waals surface area (Å²) in [5.74, 6) is 0.208. The number of cyclic esters (lactones) is 1. The van der Waals surface area contributed by atoms with Gasteiger partial charge in [-0.1, -0.05) is 49.0 Å². The highest BCUT2D eigenvalue weighted by molar-refractivity contribution is 9.09. The fourth-order valence-electron chi connectivity index (χ4n) is 2.37. The number of carbonyl (C=O) groups is 2. The van der Waals surface area contributed by atoms with Crippen LogP contribution in [0.1, 0.15) is 52.4 Å². The standard InChI is InChI=1S/C14H24BrNO3/c1-3-5-7-12(15)11(6-4-2)10-13(17)16-8-9-19-14(16)18/h11-12H,3-10H2,1-2H3. The van der Waals surface area contributed by atoms with E-state index in [-0.39, 0.29) is 5.91 Å². The Hall–Kier alpha value is -0.580. The normalized spacial score (nSPS) is 18.3. The van der Waals surface area contributed by atoms with E-state index in [1.54, 1.807) is 0 Å². The lowest BCUT2D eigenvalue weighted by atomic mass is 9.92. The van der Waals surface area contributed by atoms with Gasteiger partial charge in [0.1, 0.15) is 6.61 Å². The van der Waals surface area contributed by atoms with Gasteiger partial charge in [-0.3, -0.25) is 4.79 Å². The monoisotopic (exact) mass is 333 g/mol. The molecule has 0 saturated carbocycles. The van der Waals surface area contributed by atoms with E-state index in [9.17, 15) is 9.59 Å². The van der Waals surface area contributed by atoms with Crippen molar-refractivity contribution in [3.8, 4) is 0 Å². The Morgan fingerprint density at radius 3 is 2.63 bits per heavy atom. The van der Waals surface area contributed by atoms with Crippen molar-refractivity contribution >= 4 is 27.9 Å². The molecule has 0 bridgehead atoms. The summed E-state index contributed by atoms with van der Waals surface area (Å²) in [5, 5.41) is 0. The second-order valence-electron chi connectivity index (χ2n) is 5.07. The molecule has 110 valence electrons. The number of hydrogen-bond donors (Lipinski definition) is 0. The molecule has 0 aliphatic carbocycles. The summed E-state index contributed by atoms with van der Waals surface area (Å²) in [6, 6.07) is 0. The first-order valence-electron chi connectivity index (χ1n) is 7.21. The number of carbonyl (C=O) groups excluding carboxylic acids is 2. The quantitative estimate of drug-likeness (QED) is 0.636. The molecule has 0 aromatic carbocycles. The molecule has 0 radical (unpaired) electrons. The van der Waals surface area contributed by atoms with E-state index in [0.717, 1.165) is 32.1 Å². The van der Waals surface area contributed by atoms with Gasteiger partial charge in [-0.2, -0.15) is 0 Å². The lowest BCUT2D eigenvalue weighted by Gasteiger charge is -2.23. The highest BCUT2D eigenvalue weighted by atomic mass is 79.9. The van der Waals surface area contributed by atoms with Crippen molar-refractivity contribution in [1.29, 1.82) is 0 Å². The van der Waals surface area contributed by atoms with Crippen molar-refractivity contribution in [1.82, 2.24) is 4.90 Å². The van der Waals surface area contributed by atoms with Crippen molar-refractivity contribution in [3.05, 3.63) is 0 Å². The number of alkyl halides is 1. The first-order valence-corrected chi connectivity index (χ1v) is 8.12. The minimum Gasteiger partial charge on any atom is -0.447 e. The van der Waals surface area contributed by atoms with E-state index in [4.69, 9.17) is 4.74 Å². The van der Waals surface area contributed by atoms with Gasteiger partial charge in [0.15, 0.2) is 0 Å². The van der Waals surface area contributed by atoms with E-state index in [1.165, 1.54) is 4.90 Å². The molecule has 2 unspecified atom stereocenters. The van der Waals surface area contributed by atoms with Crippen LogP contribution in [0.15, 0.2) is 0 Å². The van der Waals surface area contributed by atoms with E-state index in [2.05, 4.69) is 29.8 Å². The number of unbranched alkanes of at least 4 members (excludes halogenated alkanes) is 1. The molecule has 1 saturated heterocycles. The van der Waals surface area contributed by atoms with Gasteiger partial charge < -0.3 is 4.74 Å². The number of imide groups is 1. The maximum atomic E-state index is 12.1. The fraction of sp³-hybridized carbons (Fsp3) is 0.857. The highest BCUT2D eigenvalue weighted by Crippen LogP contribution is 2.27. The third kappa shape index (κ3) is 5.13. The van der Waals surface area contributed by atoms with Crippen molar-refractivity contribution in [3.63, 3.8) is 0 Å². The summed E-state index contributed by atoms with van der Waals surface area (Å²) < 4.78 is 4.81. The molecule has 0 aromatic rings. The van der Waals surface area contributed by atoms with Crippen LogP contribution < -0.4 is 0 Å². The minimum absolute atomic E-state index is 0.0955. The molecule has 1 heterocycles.